The minimum absolute atomic E-state index is 0.0101. The highest BCUT2D eigenvalue weighted by atomic mass is 32.1. The fraction of sp³-hybridized carbons (Fsp3) is 0.300. The van der Waals surface area contributed by atoms with Crippen molar-refractivity contribution in [1.29, 1.82) is 0 Å². The Morgan fingerprint density at radius 3 is 2.89 bits per heavy atom. The van der Waals surface area contributed by atoms with E-state index in [1.807, 2.05) is 47.8 Å². The van der Waals surface area contributed by atoms with E-state index < -0.39 is 0 Å². The van der Waals surface area contributed by atoms with Gasteiger partial charge in [0.25, 0.3) is 0 Å². The summed E-state index contributed by atoms with van der Waals surface area (Å²) in [6.45, 7) is 4.72. The molecule has 1 unspecified atom stereocenters. The highest BCUT2D eigenvalue weighted by molar-refractivity contribution is 7.13. The first-order valence-electron chi connectivity index (χ1n) is 9.14. The Hall–Kier alpha value is -2.58. The molecule has 144 valence electrons. The maximum Gasteiger partial charge on any atom is 0.247 e. The zero-order chi connectivity index (χ0) is 19.5. The van der Waals surface area contributed by atoms with E-state index in [2.05, 4.69) is 15.3 Å². The van der Waals surface area contributed by atoms with Crippen LogP contribution >= 0.6 is 22.7 Å². The molecule has 4 heterocycles. The van der Waals surface area contributed by atoms with Crippen LogP contribution in [0.3, 0.4) is 0 Å². The first-order valence-corrected chi connectivity index (χ1v) is 10.9. The van der Waals surface area contributed by atoms with E-state index in [0.717, 1.165) is 52.3 Å². The van der Waals surface area contributed by atoms with Crippen LogP contribution in [0.15, 0.2) is 35.2 Å². The Bertz CT molecular complexity index is 992. The molecule has 0 radical (unpaired) electrons. The number of hydrogen-bond donors (Lipinski definition) is 1. The van der Waals surface area contributed by atoms with Gasteiger partial charge in [-0.3, -0.25) is 4.79 Å². The van der Waals surface area contributed by atoms with E-state index in [9.17, 15) is 4.79 Å². The molecule has 6 nitrogen and oxygen atoms in total. The summed E-state index contributed by atoms with van der Waals surface area (Å²) in [6.07, 6.45) is 7.15. The lowest BCUT2D eigenvalue weighted by Crippen LogP contribution is -2.29. The first-order chi connectivity index (χ1) is 13.6. The quantitative estimate of drug-likeness (QED) is 0.615. The van der Waals surface area contributed by atoms with Gasteiger partial charge in [-0.1, -0.05) is 6.07 Å². The second-order valence-corrected chi connectivity index (χ2v) is 8.66. The van der Waals surface area contributed by atoms with Crippen LogP contribution in [-0.4, -0.2) is 32.3 Å². The number of aryl methyl sites for hydroxylation is 2. The minimum Gasteiger partial charge on any atom is -0.331 e. The molecule has 8 heteroatoms. The predicted octanol–water partition coefficient (Wildman–Crippen LogP) is 4.73. The van der Waals surface area contributed by atoms with Crippen molar-refractivity contribution in [1.82, 2.24) is 19.9 Å². The van der Waals surface area contributed by atoms with Crippen LogP contribution in [0.4, 0.5) is 10.9 Å². The van der Waals surface area contributed by atoms with Crippen molar-refractivity contribution in [2.24, 2.45) is 0 Å². The van der Waals surface area contributed by atoms with Gasteiger partial charge in [0.2, 0.25) is 5.91 Å². The summed E-state index contributed by atoms with van der Waals surface area (Å²) in [5.41, 5.74) is 2.88. The van der Waals surface area contributed by atoms with E-state index in [4.69, 9.17) is 4.98 Å². The van der Waals surface area contributed by atoms with Gasteiger partial charge in [0, 0.05) is 29.6 Å². The third kappa shape index (κ3) is 4.28. The standard InChI is InChI=1S/C20H21N5OS2/c1-13-5-7-18(21-10-13)24-20-23-16(12-28-20)17-4-3-9-25(17)19(26)8-6-15-11-27-14(2)22-15/h5-8,10-12,17H,3-4,9H2,1-2H3,(H,21,23,24)/b8-6+. The summed E-state index contributed by atoms with van der Waals surface area (Å²) in [7, 11) is 0. The molecule has 3 aromatic rings. The first kappa shape index (κ1) is 18.8. The van der Waals surface area contributed by atoms with Crippen molar-refractivity contribution >= 4 is 45.6 Å². The van der Waals surface area contributed by atoms with Crippen molar-refractivity contribution < 1.29 is 4.79 Å². The molecular weight excluding hydrogens is 390 g/mol. The number of rotatable bonds is 5. The number of anilines is 2. The lowest BCUT2D eigenvalue weighted by atomic mass is 10.1. The van der Waals surface area contributed by atoms with Gasteiger partial charge >= 0.3 is 0 Å². The van der Waals surface area contributed by atoms with Crippen LogP contribution in [0, 0.1) is 13.8 Å². The third-order valence-corrected chi connectivity index (χ3v) is 6.15. The van der Waals surface area contributed by atoms with E-state index in [1.54, 1.807) is 23.5 Å². The van der Waals surface area contributed by atoms with E-state index in [1.165, 1.54) is 11.3 Å². The highest BCUT2D eigenvalue weighted by Crippen LogP contribution is 2.34. The maximum absolute atomic E-state index is 12.7. The molecule has 28 heavy (non-hydrogen) atoms. The largest absolute Gasteiger partial charge is 0.331 e. The average molecular weight is 412 g/mol. The molecule has 0 aromatic carbocycles. The summed E-state index contributed by atoms with van der Waals surface area (Å²) in [4.78, 5) is 28.0. The number of carbonyl (C=O) groups excluding carboxylic acids is 1. The zero-order valence-corrected chi connectivity index (χ0v) is 17.4. The molecule has 1 saturated heterocycles. The van der Waals surface area contributed by atoms with E-state index in [-0.39, 0.29) is 11.9 Å². The zero-order valence-electron chi connectivity index (χ0n) is 15.8. The molecule has 1 N–H and O–H groups in total. The van der Waals surface area contributed by atoms with Gasteiger partial charge in [-0.2, -0.15) is 0 Å². The Balaban J connectivity index is 1.44. The summed E-state index contributed by atoms with van der Waals surface area (Å²) in [6, 6.07) is 3.97. The van der Waals surface area contributed by atoms with Crippen LogP contribution in [0.2, 0.25) is 0 Å². The lowest BCUT2D eigenvalue weighted by Gasteiger charge is -2.21. The van der Waals surface area contributed by atoms with Crippen molar-refractivity contribution in [3.05, 3.63) is 57.1 Å². The van der Waals surface area contributed by atoms with Gasteiger partial charge in [-0.25, -0.2) is 15.0 Å². The second kappa shape index (κ2) is 8.20. The number of amides is 1. The Labute approximate surface area is 172 Å². The summed E-state index contributed by atoms with van der Waals surface area (Å²) < 4.78 is 0. The highest BCUT2D eigenvalue weighted by Gasteiger charge is 2.30. The molecule has 0 bridgehead atoms. The monoisotopic (exact) mass is 411 g/mol. The van der Waals surface area contributed by atoms with E-state index in [0.29, 0.717) is 0 Å². The molecule has 1 fully saturated rings. The maximum atomic E-state index is 12.7. The normalized spacial score (nSPS) is 16.8. The topological polar surface area (TPSA) is 71.0 Å². The lowest BCUT2D eigenvalue weighted by molar-refractivity contribution is -0.126. The Morgan fingerprint density at radius 2 is 2.14 bits per heavy atom. The molecule has 1 aliphatic rings. The van der Waals surface area contributed by atoms with Crippen LogP contribution in [0.1, 0.15) is 40.8 Å². The van der Waals surface area contributed by atoms with Crippen LogP contribution in [0.25, 0.3) is 6.08 Å². The SMILES string of the molecule is Cc1ccc(Nc2nc(C3CCCN3C(=O)/C=C/c3csc(C)n3)cs2)nc1. The minimum atomic E-state index is 0.0101. The number of pyridine rings is 1. The van der Waals surface area contributed by atoms with Crippen LogP contribution < -0.4 is 5.32 Å². The molecule has 1 amide bonds. The van der Waals surface area contributed by atoms with Gasteiger partial charge in [0.15, 0.2) is 5.13 Å². The fourth-order valence-electron chi connectivity index (χ4n) is 3.20. The third-order valence-electron chi connectivity index (χ3n) is 4.58. The second-order valence-electron chi connectivity index (χ2n) is 6.74. The molecule has 0 aliphatic carbocycles. The molecule has 4 rings (SSSR count). The summed E-state index contributed by atoms with van der Waals surface area (Å²) in [5, 5.41) is 9.01. The van der Waals surface area contributed by atoms with Crippen LogP contribution in [-0.2, 0) is 4.79 Å². The summed E-state index contributed by atoms with van der Waals surface area (Å²) in [5.74, 6) is 0.781. The van der Waals surface area contributed by atoms with Gasteiger partial charge in [0.1, 0.15) is 5.82 Å². The smallest absolute Gasteiger partial charge is 0.247 e. The fourth-order valence-corrected chi connectivity index (χ4v) is 4.54. The van der Waals surface area contributed by atoms with Gasteiger partial charge in [-0.15, -0.1) is 22.7 Å². The number of thiazole rings is 2. The molecule has 1 aliphatic heterocycles. The van der Waals surface area contributed by atoms with Crippen molar-refractivity contribution in [3.8, 4) is 0 Å². The number of hydrogen-bond acceptors (Lipinski definition) is 7. The average Bonchev–Trinajstić information content (AvgIpc) is 3.42. The Kier molecular flexibility index (Phi) is 5.50. The number of carbonyl (C=O) groups is 1. The molecule has 0 saturated carbocycles. The molecule has 3 aromatic heterocycles. The van der Waals surface area contributed by atoms with Gasteiger partial charge in [0.05, 0.1) is 22.4 Å². The van der Waals surface area contributed by atoms with Crippen molar-refractivity contribution in [2.45, 2.75) is 32.7 Å². The van der Waals surface area contributed by atoms with Crippen molar-refractivity contribution in [3.63, 3.8) is 0 Å². The van der Waals surface area contributed by atoms with Gasteiger partial charge in [-0.05, 0) is 44.4 Å². The van der Waals surface area contributed by atoms with Crippen molar-refractivity contribution in [2.75, 3.05) is 11.9 Å². The molecule has 1 atom stereocenters. The number of likely N-dealkylation sites (tertiary alicyclic amines) is 1. The molecular formula is C20H21N5OS2. The van der Waals surface area contributed by atoms with Gasteiger partial charge < -0.3 is 10.2 Å². The Morgan fingerprint density at radius 1 is 1.25 bits per heavy atom. The number of nitrogens with one attached hydrogen (secondary N) is 1. The van der Waals surface area contributed by atoms with E-state index >= 15 is 0 Å². The number of nitrogens with zero attached hydrogens (tertiary/aromatic N) is 4. The number of aromatic nitrogens is 3. The van der Waals surface area contributed by atoms with Crippen LogP contribution in [0.5, 0.6) is 0 Å². The molecule has 0 spiro atoms. The predicted molar refractivity (Wildman–Crippen MR) is 114 cm³/mol. The summed E-state index contributed by atoms with van der Waals surface area (Å²) >= 11 is 3.12.